The summed E-state index contributed by atoms with van der Waals surface area (Å²) in [6, 6.07) is 4.04. The van der Waals surface area contributed by atoms with Gasteiger partial charge in [0.2, 0.25) is 0 Å². The Morgan fingerprint density at radius 2 is 2.47 bits per heavy atom. The molecule has 2 rings (SSSR count). The number of aliphatic hydroxyl groups is 1. The van der Waals surface area contributed by atoms with Crippen LogP contribution in [0.4, 0.5) is 0 Å². The second-order valence-corrected chi connectivity index (χ2v) is 4.68. The van der Waals surface area contributed by atoms with Crippen LogP contribution in [0, 0.1) is 5.41 Å². The van der Waals surface area contributed by atoms with Crippen molar-refractivity contribution in [2.75, 3.05) is 26.7 Å². The van der Waals surface area contributed by atoms with Crippen molar-refractivity contribution in [2.24, 2.45) is 5.41 Å². The van der Waals surface area contributed by atoms with Crippen LogP contribution in [-0.4, -0.2) is 41.7 Å². The van der Waals surface area contributed by atoms with Crippen LogP contribution in [-0.2, 0) is 6.42 Å². The molecule has 3 heteroatoms. The summed E-state index contributed by atoms with van der Waals surface area (Å²) < 4.78 is 0. The Bertz CT molecular complexity index is 315. The van der Waals surface area contributed by atoms with Crippen molar-refractivity contribution >= 4 is 0 Å². The molecule has 0 spiro atoms. The zero-order valence-electron chi connectivity index (χ0n) is 9.19. The third-order valence-electron chi connectivity index (χ3n) is 3.27. The second-order valence-electron chi connectivity index (χ2n) is 4.68. The van der Waals surface area contributed by atoms with Gasteiger partial charge >= 0.3 is 0 Å². The minimum Gasteiger partial charge on any atom is -0.396 e. The van der Waals surface area contributed by atoms with Gasteiger partial charge in [-0.15, -0.1) is 0 Å². The summed E-state index contributed by atoms with van der Waals surface area (Å²) in [5, 5.41) is 9.55. The maximum atomic E-state index is 9.55. The molecule has 1 atom stereocenters. The van der Waals surface area contributed by atoms with Crippen LogP contribution >= 0.6 is 0 Å². The third-order valence-corrected chi connectivity index (χ3v) is 3.27. The summed E-state index contributed by atoms with van der Waals surface area (Å²) in [5.41, 5.74) is 1.28. The highest BCUT2D eigenvalue weighted by atomic mass is 16.3. The predicted octanol–water partition coefficient (Wildman–Crippen LogP) is 0.938. The average molecular weight is 206 g/mol. The first kappa shape index (κ1) is 10.6. The van der Waals surface area contributed by atoms with Crippen molar-refractivity contribution < 1.29 is 5.11 Å². The van der Waals surface area contributed by atoms with Crippen LogP contribution in [0.1, 0.15) is 12.0 Å². The molecule has 82 valence electrons. The standard InChI is InChI=1S/C12H18N2O/c1-14-6-4-12(9-14,10-15)7-11-3-2-5-13-8-11/h2-3,5,8,15H,4,6-7,9-10H2,1H3. The van der Waals surface area contributed by atoms with Crippen molar-refractivity contribution in [1.29, 1.82) is 0 Å². The van der Waals surface area contributed by atoms with Crippen LogP contribution in [0.2, 0.25) is 0 Å². The Balaban J connectivity index is 2.09. The van der Waals surface area contributed by atoms with Gasteiger partial charge in [-0.2, -0.15) is 0 Å². The normalized spacial score (nSPS) is 27.1. The molecule has 1 saturated heterocycles. The summed E-state index contributed by atoms with van der Waals surface area (Å²) in [7, 11) is 2.11. The average Bonchev–Trinajstić information content (AvgIpc) is 2.62. The SMILES string of the molecule is CN1CCC(CO)(Cc2cccnc2)C1. The fourth-order valence-corrected chi connectivity index (χ4v) is 2.42. The molecule has 0 bridgehead atoms. The first-order valence-electron chi connectivity index (χ1n) is 5.42. The predicted molar refractivity (Wildman–Crippen MR) is 59.6 cm³/mol. The number of hydrogen-bond acceptors (Lipinski definition) is 3. The molecule has 1 aliphatic rings. The minimum absolute atomic E-state index is 0.0534. The van der Waals surface area contributed by atoms with Crippen molar-refractivity contribution in [2.45, 2.75) is 12.8 Å². The summed E-state index contributed by atoms with van der Waals surface area (Å²) in [6.45, 7) is 2.34. The Morgan fingerprint density at radius 1 is 1.60 bits per heavy atom. The molecule has 0 amide bonds. The van der Waals surface area contributed by atoms with E-state index in [4.69, 9.17) is 0 Å². The van der Waals surface area contributed by atoms with Crippen LogP contribution in [0.25, 0.3) is 0 Å². The Labute approximate surface area is 90.8 Å². The first-order chi connectivity index (χ1) is 7.24. The quantitative estimate of drug-likeness (QED) is 0.799. The van der Waals surface area contributed by atoms with Crippen LogP contribution in [0.5, 0.6) is 0 Å². The smallest absolute Gasteiger partial charge is 0.0503 e. The van der Waals surface area contributed by atoms with E-state index in [1.807, 2.05) is 12.3 Å². The molecule has 0 radical (unpaired) electrons. The largest absolute Gasteiger partial charge is 0.396 e. The van der Waals surface area contributed by atoms with Crippen LogP contribution in [0.3, 0.4) is 0 Å². The Morgan fingerprint density at radius 3 is 3.00 bits per heavy atom. The van der Waals surface area contributed by atoms with E-state index in [0.29, 0.717) is 0 Å². The van der Waals surface area contributed by atoms with Gasteiger partial charge < -0.3 is 10.0 Å². The number of rotatable bonds is 3. The highest BCUT2D eigenvalue weighted by molar-refractivity contribution is 5.12. The summed E-state index contributed by atoms with van der Waals surface area (Å²) >= 11 is 0. The molecule has 3 nitrogen and oxygen atoms in total. The lowest BCUT2D eigenvalue weighted by Gasteiger charge is -2.26. The lowest BCUT2D eigenvalue weighted by atomic mass is 9.82. The van der Waals surface area contributed by atoms with Gasteiger partial charge in [0.25, 0.3) is 0 Å². The zero-order chi connectivity index (χ0) is 10.7. The van der Waals surface area contributed by atoms with Crippen LogP contribution < -0.4 is 0 Å². The monoisotopic (exact) mass is 206 g/mol. The van der Waals surface area contributed by atoms with E-state index in [1.54, 1.807) is 6.20 Å². The van der Waals surface area contributed by atoms with E-state index in [1.165, 1.54) is 5.56 Å². The van der Waals surface area contributed by atoms with Gasteiger partial charge in [-0.05, 0) is 38.1 Å². The maximum Gasteiger partial charge on any atom is 0.0503 e. The van der Waals surface area contributed by atoms with Gasteiger partial charge in [-0.3, -0.25) is 4.98 Å². The van der Waals surface area contributed by atoms with E-state index in [9.17, 15) is 5.11 Å². The van der Waals surface area contributed by atoms with Crippen molar-refractivity contribution in [3.63, 3.8) is 0 Å². The molecular formula is C12H18N2O. The van der Waals surface area contributed by atoms with Crippen molar-refractivity contribution in [3.05, 3.63) is 30.1 Å². The lowest BCUT2D eigenvalue weighted by Crippen LogP contribution is -2.31. The second kappa shape index (κ2) is 4.29. The molecule has 1 aliphatic heterocycles. The number of aromatic nitrogens is 1. The summed E-state index contributed by atoms with van der Waals surface area (Å²) in [4.78, 5) is 6.40. The molecule has 1 fully saturated rings. The highest BCUT2D eigenvalue weighted by Gasteiger charge is 2.36. The Hall–Kier alpha value is -0.930. The molecular weight excluding hydrogens is 188 g/mol. The maximum absolute atomic E-state index is 9.55. The van der Waals surface area contributed by atoms with E-state index in [2.05, 4.69) is 23.0 Å². The van der Waals surface area contributed by atoms with E-state index < -0.39 is 0 Å². The molecule has 15 heavy (non-hydrogen) atoms. The number of aliphatic hydroxyl groups excluding tert-OH is 1. The fraction of sp³-hybridized carbons (Fsp3) is 0.583. The van der Waals surface area contributed by atoms with Crippen LogP contribution in [0.15, 0.2) is 24.5 Å². The van der Waals surface area contributed by atoms with Gasteiger partial charge in [0, 0.05) is 24.4 Å². The van der Waals surface area contributed by atoms with Crippen molar-refractivity contribution in [1.82, 2.24) is 9.88 Å². The summed E-state index contributed by atoms with van der Waals surface area (Å²) in [5.74, 6) is 0. The zero-order valence-corrected chi connectivity index (χ0v) is 9.19. The molecule has 0 aliphatic carbocycles. The van der Waals surface area contributed by atoms with E-state index in [-0.39, 0.29) is 12.0 Å². The van der Waals surface area contributed by atoms with Crippen molar-refractivity contribution in [3.8, 4) is 0 Å². The number of pyridine rings is 1. The number of hydrogen-bond donors (Lipinski definition) is 1. The molecule has 1 N–H and O–H groups in total. The topological polar surface area (TPSA) is 36.4 Å². The van der Waals surface area contributed by atoms with E-state index >= 15 is 0 Å². The molecule has 0 saturated carbocycles. The van der Waals surface area contributed by atoms with E-state index in [0.717, 1.165) is 25.9 Å². The molecule has 1 aromatic rings. The Kier molecular flexibility index (Phi) is 3.03. The van der Waals surface area contributed by atoms with Gasteiger partial charge in [0.05, 0.1) is 6.61 Å². The fourth-order valence-electron chi connectivity index (χ4n) is 2.42. The number of likely N-dealkylation sites (tertiary alicyclic amines) is 1. The lowest BCUT2D eigenvalue weighted by molar-refractivity contribution is 0.132. The summed E-state index contributed by atoms with van der Waals surface area (Å²) in [6.07, 6.45) is 5.70. The van der Waals surface area contributed by atoms with Gasteiger partial charge in [0.15, 0.2) is 0 Å². The first-order valence-corrected chi connectivity index (χ1v) is 5.42. The molecule has 1 unspecified atom stereocenters. The number of nitrogens with zero attached hydrogens (tertiary/aromatic N) is 2. The molecule has 0 aromatic carbocycles. The van der Waals surface area contributed by atoms with Gasteiger partial charge in [0.1, 0.15) is 0 Å². The molecule has 1 aromatic heterocycles. The minimum atomic E-state index is 0.0534. The third kappa shape index (κ3) is 2.36. The van der Waals surface area contributed by atoms with Gasteiger partial charge in [-0.1, -0.05) is 6.07 Å². The molecule has 2 heterocycles. The highest BCUT2D eigenvalue weighted by Crippen LogP contribution is 2.32. The van der Waals surface area contributed by atoms with Gasteiger partial charge in [-0.25, -0.2) is 0 Å².